The highest BCUT2D eigenvalue weighted by Gasteiger charge is 2.67. The van der Waals surface area contributed by atoms with Gasteiger partial charge in [0.15, 0.2) is 0 Å². The first kappa shape index (κ1) is 40.7. The summed E-state index contributed by atoms with van der Waals surface area (Å²) in [5.74, 6) is 0.649. The highest BCUT2D eigenvalue weighted by molar-refractivity contribution is 6.04. The third kappa shape index (κ3) is 7.86. The van der Waals surface area contributed by atoms with Crippen LogP contribution < -0.4 is 25.6 Å². The molecule has 3 aromatic rings. The van der Waals surface area contributed by atoms with Crippen molar-refractivity contribution < 1.29 is 23.9 Å². The van der Waals surface area contributed by atoms with E-state index >= 15 is 0 Å². The lowest BCUT2D eigenvalue weighted by Gasteiger charge is -2.66. The van der Waals surface area contributed by atoms with Crippen LogP contribution in [0.15, 0.2) is 54.7 Å². The Bertz CT molecular complexity index is 2050. The van der Waals surface area contributed by atoms with Crippen LogP contribution in [0.1, 0.15) is 90.8 Å². The topological polar surface area (TPSA) is 165 Å². The number of hydrogen-bond acceptors (Lipinski definition) is 10. The molecule has 4 amide bonds. The second-order valence-electron chi connectivity index (χ2n) is 17.8. The summed E-state index contributed by atoms with van der Waals surface area (Å²) in [5.41, 5.74) is 8.53. The minimum absolute atomic E-state index is 0.161. The molecule has 0 bridgehead atoms. The van der Waals surface area contributed by atoms with Crippen molar-refractivity contribution in [3.05, 3.63) is 82.5 Å². The molecular weight excluding hydrogens is 733 g/mol. The number of primary amides is 1. The molecule has 4 fully saturated rings. The lowest BCUT2D eigenvalue weighted by molar-refractivity contribution is -0.206. The van der Waals surface area contributed by atoms with Gasteiger partial charge in [0.2, 0.25) is 17.7 Å². The Morgan fingerprint density at radius 2 is 1.52 bits per heavy atom. The first-order valence-electron chi connectivity index (χ1n) is 20.5. The van der Waals surface area contributed by atoms with Crippen LogP contribution in [0.2, 0.25) is 0 Å². The molecule has 7 rings (SSSR count). The van der Waals surface area contributed by atoms with Gasteiger partial charge in [-0.3, -0.25) is 29.4 Å². The number of piperidine rings is 2. The molecule has 4 aliphatic rings. The number of nitrogens with zero attached hydrogens (tertiary/aromatic N) is 6. The molecule has 3 N–H and O–H groups in total. The lowest BCUT2D eigenvalue weighted by Crippen LogP contribution is -2.77. The molecule has 0 unspecified atom stereocenters. The number of benzene rings is 2. The fourth-order valence-electron chi connectivity index (χ4n) is 10.4. The number of ether oxygens (including phenoxy) is 1. The molecule has 3 saturated heterocycles. The first-order valence-corrected chi connectivity index (χ1v) is 20.5. The maximum Gasteiger partial charge on any atom is 0.254 e. The number of nitrogens with two attached hydrogens (primary N) is 1. The predicted molar refractivity (Wildman–Crippen MR) is 222 cm³/mol. The molecule has 13 nitrogen and oxygen atoms in total. The van der Waals surface area contributed by atoms with Gasteiger partial charge in [-0.25, -0.2) is 4.98 Å². The van der Waals surface area contributed by atoms with Crippen molar-refractivity contribution in [1.82, 2.24) is 20.1 Å². The van der Waals surface area contributed by atoms with E-state index in [1.54, 1.807) is 17.2 Å². The van der Waals surface area contributed by atoms with Gasteiger partial charge < -0.3 is 25.2 Å². The Morgan fingerprint density at radius 3 is 2.07 bits per heavy atom. The Hall–Kier alpha value is -5.48. The van der Waals surface area contributed by atoms with E-state index < -0.39 is 28.7 Å². The molecule has 13 heteroatoms. The molecule has 0 radical (unpaired) electrons. The van der Waals surface area contributed by atoms with E-state index in [-0.39, 0.29) is 36.8 Å². The Labute approximate surface area is 341 Å². The summed E-state index contributed by atoms with van der Waals surface area (Å²) in [7, 11) is 0. The van der Waals surface area contributed by atoms with Gasteiger partial charge >= 0.3 is 0 Å². The molecule has 1 aromatic heterocycles. The third-order valence-corrected chi connectivity index (χ3v) is 13.0. The number of hydrogen-bond donors (Lipinski definition) is 2. The van der Waals surface area contributed by atoms with Crippen molar-refractivity contribution in [3.63, 3.8) is 0 Å². The van der Waals surface area contributed by atoms with Gasteiger partial charge in [0.25, 0.3) is 5.91 Å². The number of piperazine rings is 1. The minimum atomic E-state index is -0.803. The summed E-state index contributed by atoms with van der Waals surface area (Å²) in [6.45, 7) is 18.7. The Morgan fingerprint density at radius 1 is 0.897 bits per heavy atom. The predicted octanol–water partition coefficient (Wildman–Crippen LogP) is 4.84. The van der Waals surface area contributed by atoms with Crippen LogP contribution in [-0.4, -0.2) is 102 Å². The number of carbonyl (C=O) groups excluding carboxylic acids is 4. The number of aryl methyl sites for hydroxylation is 2. The molecule has 1 atom stereocenters. The second kappa shape index (κ2) is 16.0. The van der Waals surface area contributed by atoms with Crippen molar-refractivity contribution in [1.29, 1.82) is 5.26 Å². The number of nitriles is 1. The SMILES string of the molecule is Cc1cc(OC2C(C)(C)C(N(C(=O)c3ccc(N4CCC(CN5CCN(c6ccc(C(N)=O)cn6)CC5)CC4)cc3)[C@H]3CCC(=O)NC3=O)C2(C)C)cc(C)c1C#N. The van der Waals surface area contributed by atoms with Crippen LogP contribution in [-0.2, 0) is 9.59 Å². The minimum Gasteiger partial charge on any atom is -0.489 e. The molecule has 1 aliphatic carbocycles. The molecule has 306 valence electrons. The fourth-order valence-corrected chi connectivity index (χ4v) is 10.4. The van der Waals surface area contributed by atoms with Gasteiger partial charge in [-0.05, 0) is 98.7 Å². The van der Waals surface area contributed by atoms with E-state index in [4.69, 9.17) is 10.5 Å². The number of anilines is 2. The Kier molecular flexibility index (Phi) is 11.3. The summed E-state index contributed by atoms with van der Waals surface area (Å²) in [5, 5.41) is 12.1. The van der Waals surface area contributed by atoms with Gasteiger partial charge in [0.05, 0.1) is 23.2 Å². The van der Waals surface area contributed by atoms with Crippen molar-refractivity contribution in [2.75, 3.05) is 55.6 Å². The van der Waals surface area contributed by atoms with E-state index in [2.05, 4.69) is 58.8 Å². The zero-order valence-corrected chi connectivity index (χ0v) is 34.6. The molecular formula is C45H56N8O5. The van der Waals surface area contributed by atoms with Crippen molar-refractivity contribution in [3.8, 4) is 11.8 Å². The summed E-state index contributed by atoms with van der Waals surface area (Å²) in [4.78, 5) is 65.2. The van der Waals surface area contributed by atoms with Crippen molar-refractivity contribution in [2.24, 2.45) is 22.5 Å². The standard InChI is InChI=1S/C45H56N8O5/c1-28-23-34(24-29(2)35(28)25-46)58-43-44(3,4)42(45(43,5)6)53(36-12-14-38(54)49-40(36)56)41(57)31-7-10-33(11-8-31)51-17-15-30(16-18-51)27-50-19-21-52(22-20-50)37-13-9-32(26-48-37)39(47)55/h7-11,13,23-24,26,30,36,42-43H,12,14-22,27H2,1-6H3,(H2,47,55)(H,49,54,56)/t36-,42?,43?/m0/s1. The van der Waals surface area contributed by atoms with Gasteiger partial charge in [-0.2, -0.15) is 5.26 Å². The van der Waals surface area contributed by atoms with E-state index in [9.17, 15) is 24.4 Å². The maximum absolute atomic E-state index is 14.7. The Balaban J connectivity index is 0.994. The normalized spacial score (nSPS) is 23.4. The zero-order chi connectivity index (χ0) is 41.5. The summed E-state index contributed by atoms with van der Waals surface area (Å²) in [6, 6.07) is 16.2. The van der Waals surface area contributed by atoms with Gasteiger partial charge in [-0.15, -0.1) is 0 Å². The summed E-state index contributed by atoms with van der Waals surface area (Å²) < 4.78 is 6.68. The van der Waals surface area contributed by atoms with Crippen LogP contribution >= 0.6 is 0 Å². The van der Waals surface area contributed by atoms with E-state index in [1.807, 2.05) is 56.3 Å². The average Bonchev–Trinajstić information content (AvgIpc) is 3.19. The molecule has 3 aliphatic heterocycles. The van der Waals surface area contributed by atoms with Crippen LogP contribution in [0.25, 0.3) is 0 Å². The lowest BCUT2D eigenvalue weighted by atomic mass is 9.48. The van der Waals surface area contributed by atoms with Crippen LogP contribution in [0.3, 0.4) is 0 Å². The fraction of sp³-hybridized carbons (Fsp3) is 0.511. The largest absolute Gasteiger partial charge is 0.489 e. The number of aromatic nitrogens is 1. The number of amides is 4. The number of carbonyl (C=O) groups is 4. The third-order valence-electron chi connectivity index (χ3n) is 13.0. The highest BCUT2D eigenvalue weighted by Crippen LogP contribution is 2.59. The van der Waals surface area contributed by atoms with E-state index in [1.165, 1.54) is 0 Å². The maximum atomic E-state index is 14.7. The monoisotopic (exact) mass is 788 g/mol. The number of rotatable bonds is 10. The van der Waals surface area contributed by atoms with Crippen LogP contribution in [0, 0.1) is 41.9 Å². The van der Waals surface area contributed by atoms with Gasteiger partial charge in [0.1, 0.15) is 23.7 Å². The highest BCUT2D eigenvalue weighted by atomic mass is 16.5. The number of nitrogens with one attached hydrogen (secondary N) is 1. The first-order chi connectivity index (χ1) is 27.6. The molecule has 0 spiro atoms. The number of imide groups is 1. The smallest absolute Gasteiger partial charge is 0.254 e. The average molecular weight is 789 g/mol. The van der Waals surface area contributed by atoms with Crippen molar-refractivity contribution >= 4 is 35.1 Å². The summed E-state index contributed by atoms with van der Waals surface area (Å²) >= 11 is 0. The van der Waals surface area contributed by atoms with Gasteiger partial charge in [-0.1, -0.05) is 27.7 Å². The van der Waals surface area contributed by atoms with E-state index in [0.29, 0.717) is 28.4 Å². The second-order valence-corrected chi connectivity index (χ2v) is 17.8. The van der Waals surface area contributed by atoms with E-state index in [0.717, 1.165) is 81.3 Å². The molecule has 58 heavy (non-hydrogen) atoms. The number of pyridine rings is 1. The van der Waals surface area contributed by atoms with Gasteiger partial charge in [0, 0.05) is 80.5 Å². The quantitative estimate of drug-likeness (QED) is 0.272. The van der Waals surface area contributed by atoms with Crippen LogP contribution in [0.4, 0.5) is 11.5 Å². The summed E-state index contributed by atoms with van der Waals surface area (Å²) in [6.07, 6.45) is 3.82. The molecule has 4 heterocycles. The zero-order valence-electron chi connectivity index (χ0n) is 34.6. The van der Waals surface area contributed by atoms with Crippen molar-refractivity contribution in [2.45, 2.75) is 85.4 Å². The molecule has 1 saturated carbocycles. The van der Waals surface area contributed by atoms with Crippen LogP contribution in [0.5, 0.6) is 5.75 Å². The molecule has 2 aromatic carbocycles.